The zero-order valence-corrected chi connectivity index (χ0v) is 11.9. The molecule has 0 spiro atoms. The predicted molar refractivity (Wildman–Crippen MR) is 74.2 cm³/mol. The van der Waals surface area contributed by atoms with E-state index in [1.807, 2.05) is 20.8 Å². The van der Waals surface area contributed by atoms with Gasteiger partial charge < -0.3 is 5.32 Å². The molecule has 0 heterocycles. The second-order valence-electron chi connectivity index (χ2n) is 4.90. The van der Waals surface area contributed by atoms with E-state index in [1.165, 1.54) is 12.1 Å². The van der Waals surface area contributed by atoms with E-state index in [1.54, 1.807) is 0 Å². The van der Waals surface area contributed by atoms with Gasteiger partial charge in [0.15, 0.2) is 0 Å². The molecule has 2 unspecified atom stereocenters. The third-order valence-electron chi connectivity index (χ3n) is 3.47. The number of nitrogens with zero attached hydrogens (tertiary/aromatic N) is 1. The van der Waals surface area contributed by atoms with Gasteiger partial charge in [-0.3, -0.25) is 10.1 Å². The van der Waals surface area contributed by atoms with Crippen LogP contribution in [0.5, 0.6) is 0 Å². The molecular weight excluding hydrogens is 266 g/mol. The van der Waals surface area contributed by atoms with Crippen LogP contribution in [0.15, 0.2) is 18.2 Å². The molecule has 6 heteroatoms. The lowest BCUT2D eigenvalue weighted by Gasteiger charge is -2.23. The summed E-state index contributed by atoms with van der Waals surface area (Å²) in [6, 6.07) is 3.72. The molecule has 112 valence electrons. The van der Waals surface area contributed by atoms with Gasteiger partial charge in [-0.05, 0) is 31.4 Å². The number of halogens is 2. The maximum Gasteiger partial charge on any atom is 0.269 e. The SMILES string of the molecule is CCCNC(C)C(C)c1ccc([N+](=O)[O-])cc1C(F)F. The average molecular weight is 286 g/mol. The fraction of sp³-hybridized carbons (Fsp3) is 0.571. The Balaban J connectivity index is 3.07. The first kappa shape index (κ1) is 16.5. The van der Waals surface area contributed by atoms with Gasteiger partial charge in [0.05, 0.1) is 4.92 Å². The molecule has 2 atom stereocenters. The van der Waals surface area contributed by atoms with Crippen molar-refractivity contribution in [3.05, 3.63) is 39.4 Å². The number of nitro benzene ring substituents is 1. The van der Waals surface area contributed by atoms with Crippen molar-refractivity contribution in [3.8, 4) is 0 Å². The van der Waals surface area contributed by atoms with Gasteiger partial charge in [0.2, 0.25) is 0 Å². The highest BCUT2D eigenvalue weighted by atomic mass is 19.3. The third kappa shape index (κ3) is 3.96. The van der Waals surface area contributed by atoms with Crippen molar-refractivity contribution in [2.45, 2.75) is 45.6 Å². The van der Waals surface area contributed by atoms with Crippen molar-refractivity contribution in [2.75, 3.05) is 6.54 Å². The van der Waals surface area contributed by atoms with Crippen LogP contribution in [0.4, 0.5) is 14.5 Å². The molecule has 0 saturated heterocycles. The summed E-state index contributed by atoms with van der Waals surface area (Å²) < 4.78 is 26.2. The molecule has 0 aliphatic carbocycles. The van der Waals surface area contributed by atoms with Gasteiger partial charge in [0.1, 0.15) is 0 Å². The quantitative estimate of drug-likeness (QED) is 0.608. The second-order valence-corrected chi connectivity index (χ2v) is 4.90. The molecule has 1 rings (SSSR count). The third-order valence-corrected chi connectivity index (χ3v) is 3.47. The first-order chi connectivity index (χ1) is 9.38. The van der Waals surface area contributed by atoms with Gasteiger partial charge in [-0.25, -0.2) is 8.78 Å². The van der Waals surface area contributed by atoms with Crippen LogP contribution in [-0.2, 0) is 0 Å². The number of nitrogens with one attached hydrogen (secondary N) is 1. The smallest absolute Gasteiger partial charge is 0.269 e. The van der Waals surface area contributed by atoms with Gasteiger partial charge in [0, 0.05) is 23.7 Å². The van der Waals surface area contributed by atoms with E-state index in [4.69, 9.17) is 0 Å². The normalized spacial score (nSPS) is 14.3. The zero-order valence-electron chi connectivity index (χ0n) is 11.9. The Labute approximate surface area is 117 Å². The largest absolute Gasteiger partial charge is 0.314 e. The van der Waals surface area contributed by atoms with E-state index in [0.29, 0.717) is 5.56 Å². The van der Waals surface area contributed by atoms with Gasteiger partial charge >= 0.3 is 0 Å². The topological polar surface area (TPSA) is 55.2 Å². The molecule has 0 bridgehead atoms. The summed E-state index contributed by atoms with van der Waals surface area (Å²) in [5.74, 6) is -0.147. The standard InChI is InChI=1S/C14H20F2N2O2/c1-4-7-17-10(3)9(2)12-6-5-11(18(19)20)8-13(12)14(15)16/h5-6,8-10,14,17H,4,7H2,1-3H3. The number of benzene rings is 1. The molecule has 20 heavy (non-hydrogen) atoms. The number of hydrogen-bond acceptors (Lipinski definition) is 3. The Bertz CT molecular complexity index is 466. The Morgan fingerprint density at radius 1 is 1.30 bits per heavy atom. The average Bonchev–Trinajstić information content (AvgIpc) is 2.42. The molecule has 0 radical (unpaired) electrons. The van der Waals surface area contributed by atoms with Crippen LogP contribution in [0, 0.1) is 10.1 Å². The minimum absolute atomic E-state index is 0.0221. The molecule has 1 N–H and O–H groups in total. The van der Waals surface area contributed by atoms with E-state index in [0.717, 1.165) is 19.0 Å². The molecule has 1 aromatic rings. The van der Waals surface area contributed by atoms with Gasteiger partial charge in [0.25, 0.3) is 12.1 Å². The van der Waals surface area contributed by atoms with Crippen molar-refractivity contribution in [2.24, 2.45) is 0 Å². The number of hydrogen-bond donors (Lipinski definition) is 1. The van der Waals surface area contributed by atoms with Gasteiger partial charge in [-0.1, -0.05) is 19.9 Å². The highest BCUT2D eigenvalue weighted by Gasteiger charge is 2.23. The molecule has 0 saturated carbocycles. The predicted octanol–water partition coefficient (Wildman–Crippen LogP) is 4.02. The van der Waals surface area contributed by atoms with Crippen molar-refractivity contribution in [1.82, 2.24) is 5.32 Å². The Kier molecular flexibility index (Phi) is 6.01. The number of rotatable bonds is 7. The highest BCUT2D eigenvalue weighted by Crippen LogP contribution is 2.33. The van der Waals surface area contributed by atoms with Crippen LogP contribution in [0.2, 0.25) is 0 Å². The number of alkyl halides is 2. The molecule has 0 aromatic heterocycles. The molecule has 0 aliphatic heterocycles. The maximum absolute atomic E-state index is 13.1. The van der Waals surface area contributed by atoms with E-state index in [2.05, 4.69) is 5.32 Å². The van der Waals surface area contributed by atoms with Crippen molar-refractivity contribution >= 4 is 5.69 Å². The lowest BCUT2D eigenvalue weighted by Crippen LogP contribution is -2.31. The maximum atomic E-state index is 13.1. The molecule has 4 nitrogen and oxygen atoms in total. The van der Waals surface area contributed by atoms with Crippen molar-refractivity contribution < 1.29 is 13.7 Å². The summed E-state index contributed by atoms with van der Waals surface area (Å²) in [6.45, 7) is 6.61. The Hall–Kier alpha value is -1.56. The second kappa shape index (κ2) is 7.28. The first-order valence-corrected chi connectivity index (χ1v) is 6.68. The van der Waals surface area contributed by atoms with Gasteiger partial charge in [-0.2, -0.15) is 0 Å². The van der Waals surface area contributed by atoms with Crippen LogP contribution in [-0.4, -0.2) is 17.5 Å². The summed E-state index contributed by atoms with van der Waals surface area (Å²) in [7, 11) is 0. The minimum atomic E-state index is -2.72. The van der Waals surface area contributed by atoms with E-state index in [9.17, 15) is 18.9 Å². The summed E-state index contributed by atoms with van der Waals surface area (Å²) in [5.41, 5.74) is -0.0935. The van der Waals surface area contributed by atoms with Crippen molar-refractivity contribution in [1.29, 1.82) is 0 Å². The zero-order chi connectivity index (χ0) is 15.3. The van der Waals surface area contributed by atoms with Gasteiger partial charge in [-0.15, -0.1) is 0 Å². The molecular formula is C14H20F2N2O2. The van der Waals surface area contributed by atoms with E-state index >= 15 is 0 Å². The molecule has 0 fully saturated rings. The Morgan fingerprint density at radius 2 is 1.95 bits per heavy atom. The summed E-state index contributed by atoms with van der Waals surface area (Å²) in [4.78, 5) is 10.0. The van der Waals surface area contributed by atoms with E-state index in [-0.39, 0.29) is 23.2 Å². The summed E-state index contributed by atoms with van der Waals surface area (Å²) in [5, 5.41) is 13.9. The number of non-ortho nitro benzene ring substituents is 1. The lowest BCUT2D eigenvalue weighted by molar-refractivity contribution is -0.385. The van der Waals surface area contributed by atoms with E-state index < -0.39 is 11.3 Å². The first-order valence-electron chi connectivity index (χ1n) is 6.68. The molecule has 1 aromatic carbocycles. The van der Waals surface area contributed by atoms with Crippen LogP contribution in [0.25, 0.3) is 0 Å². The highest BCUT2D eigenvalue weighted by molar-refractivity contribution is 5.42. The molecule has 0 aliphatic rings. The Morgan fingerprint density at radius 3 is 2.45 bits per heavy atom. The van der Waals surface area contributed by atoms with Crippen LogP contribution in [0.1, 0.15) is 50.7 Å². The van der Waals surface area contributed by atoms with Crippen LogP contribution in [0.3, 0.4) is 0 Å². The monoisotopic (exact) mass is 286 g/mol. The van der Waals surface area contributed by atoms with Crippen LogP contribution >= 0.6 is 0 Å². The fourth-order valence-electron chi connectivity index (χ4n) is 2.10. The number of nitro groups is 1. The van der Waals surface area contributed by atoms with Crippen LogP contribution < -0.4 is 5.32 Å². The lowest BCUT2D eigenvalue weighted by atomic mass is 9.90. The van der Waals surface area contributed by atoms with Crippen molar-refractivity contribution in [3.63, 3.8) is 0 Å². The summed E-state index contributed by atoms with van der Waals surface area (Å²) >= 11 is 0. The summed E-state index contributed by atoms with van der Waals surface area (Å²) in [6.07, 6.45) is -1.76. The fourth-order valence-corrected chi connectivity index (χ4v) is 2.10. The molecule has 0 amide bonds. The minimum Gasteiger partial charge on any atom is -0.314 e.